The first-order valence-corrected chi connectivity index (χ1v) is 7.92. The van der Waals surface area contributed by atoms with E-state index in [1.807, 2.05) is 4.90 Å². The summed E-state index contributed by atoms with van der Waals surface area (Å²) >= 11 is 0. The fourth-order valence-electron chi connectivity index (χ4n) is 3.11. The van der Waals surface area contributed by atoms with E-state index in [0.717, 1.165) is 32.2 Å². The Balaban J connectivity index is 2.21. The molecular weight excluding hydrogens is 280 g/mol. The molecule has 0 spiro atoms. The zero-order valence-electron chi connectivity index (χ0n) is 13.5. The highest BCUT2D eigenvalue weighted by Gasteiger charge is 2.29. The van der Waals surface area contributed by atoms with Crippen molar-refractivity contribution in [2.45, 2.75) is 52.5 Å². The SMILES string of the molecule is Cc1nc(C(=O)N2CCCCC2CC(C)C)ccc1C(=O)O. The van der Waals surface area contributed by atoms with Crippen molar-refractivity contribution in [2.24, 2.45) is 5.92 Å². The van der Waals surface area contributed by atoms with E-state index in [2.05, 4.69) is 18.8 Å². The van der Waals surface area contributed by atoms with E-state index in [4.69, 9.17) is 5.11 Å². The van der Waals surface area contributed by atoms with Gasteiger partial charge in [0.1, 0.15) is 5.69 Å². The number of amides is 1. The highest BCUT2D eigenvalue weighted by Crippen LogP contribution is 2.24. The van der Waals surface area contributed by atoms with Crippen LogP contribution in [0, 0.1) is 12.8 Å². The van der Waals surface area contributed by atoms with Crippen LogP contribution in [0.25, 0.3) is 0 Å². The molecule has 1 saturated heterocycles. The van der Waals surface area contributed by atoms with Gasteiger partial charge in [-0.3, -0.25) is 4.79 Å². The maximum absolute atomic E-state index is 12.7. The number of aromatic carboxylic acids is 1. The number of piperidine rings is 1. The van der Waals surface area contributed by atoms with Gasteiger partial charge in [-0.05, 0) is 50.7 Å². The second-order valence-corrected chi connectivity index (χ2v) is 6.41. The molecule has 1 fully saturated rings. The normalized spacial score (nSPS) is 18.5. The van der Waals surface area contributed by atoms with Gasteiger partial charge < -0.3 is 10.0 Å². The van der Waals surface area contributed by atoms with Gasteiger partial charge in [-0.25, -0.2) is 9.78 Å². The fraction of sp³-hybridized carbons (Fsp3) is 0.588. The van der Waals surface area contributed by atoms with Crippen LogP contribution >= 0.6 is 0 Å². The van der Waals surface area contributed by atoms with Crippen LogP contribution in [0.2, 0.25) is 0 Å². The third kappa shape index (κ3) is 3.64. The first kappa shape index (κ1) is 16.5. The van der Waals surface area contributed by atoms with Crippen LogP contribution in [0.15, 0.2) is 12.1 Å². The van der Waals surface area contributed by atoms with Crippen LogP contribution in [0.3, 0.4) is 0 Å². The third-order valence-corrected chi connectivity index (χ3v) is 4.17. The Morgan fingerprint density at radius 2 is 2.09 bits per heavy atom. The minimum absolute atomic E-state index is 0.0783. The van der Waals surface area contributed by atoms with Crippen LogP contribution in [-0.2, 0) is 0 Å². The van der Waals surface area contributed by atoms with Crippen LogP contribution in [0.4, 0.5) is 0 Å². The van der Waals surface area contributed by atoms with E-state index >= 15 is 0 Å². The highest BCUT2D eigenvalue weighted by molar-refractivity contribution is 5.94. The Hall–Kier alpha value is -1.91. The van der Waals surface area contributed by atoms with Gasteiger partial charge in [-0.1, -0.05) is 13.8 Å². The van der Waals surface area contributed by atoms with E-state index in [1.165, 1.54) is 12.1 Å². The van der Waals surface area contributed by atoms with Crippen LogP contribution in [-0.4, -0.2) is 39.5 Å². The van der Waals surface area contributed by atoms with E-state index < -0.39 is 5.97 Å². The molecule has 1 unspecified atom stereocenters. The lowest BCUT2D eigenvalue weighted by atomic mass is 9.93. The van der Waals surface area contributed by atoms with Crippen molar-refractivity contribution < 1.29 is 14.7 Å². The quantitative estimate of drug-likeness (QED) is 0.927. The van der Waals surface area contributed by atoms with Gasteiger partial charge in [0.25, 0.3) is 5.91 Å². The molecule has 0 saturated carbocycles. The number of aryl methyl sites for hydroxylation is 1. The zero-order valence-corrected chi connectivity index (χ0v) is 13.5. The lowest BCUT2D eigenvalue weighted by Crippen LogP contribution is -2.44. The standard InChI is InChI=1S/C17H24N2O3/c1-11(2)10-13-6-4-5-9-19(13)16(20)15-8-7-14(17(21)22)12(3)18-15/h7-8,11,13H,4-6,9-10H2,1-3H3,(H,21,22). The number of carbonyl (C=O) groups is 2. The van der Waals surface area contributed by atoms with Crippen molar-refractivity contribution in [1.82, 2.24) is 9.88 Å². The minimum atomic E-state index is -1.01. The molecule has 22 heavy (non-hydrogen) atoms. The largest absolute Gasteiger partial charge is 0.478 e. The molecule has 0 aliphatic carbocycles. The number of hydrogen-bond donors (Lipinski definition) is 1. The Bertz CT molecular complexity index is 569. The van der Waals surface area contributed by atoms with Crippen LogP contribution in [0.5, 0.6) is 0 Å². The molecule has 1 aromatic rings. The molecule has 1 aliphatic rings. The number of carboxylic acid groups (broad SMARTS) is 1. The first-order valence-electron chi connectivity index (χ1n) is 7.92. The number of carboxylic acids is 1. The number of rotatable bonds is 4. The molecule has 0 radical (unpaired) electrons. The molecule has 1 aliphatic heterocycles. The van der Waals surface area contributed by atoms with Gasteiger partial charge in [0.15, 0.2) is 0 Å². The molecule has 5 heteroatoms. The summed E-state index contributed by atoms with van der Waals surface area (Å²) in [6, 6.07) is 3.27. The summed E-state index contributed by atoms with van der Waals surface area (Å²) in [5.74, 6) is -0.549. The zero-order chi connectivity index (χ0) is 16.3. The predicted octanol–water partition coefficient (Wildman–Crippen LogP) is 3.13. The molecule has 1 atom stereocenters. The van der Waals surface area contributed by atoms with Gasteiger partial charge in [-0.2, -0.15) is 0 Å². The van der Waals surface area contributed by atoms with Crippen molar-refractivity contribution in [2.75, 3.05) is 6.54 Å². The van der Waals surface area contributed by atoms with Crippen molar-refractivity contribution in [3.63, 3.8) is 0 Å². The number of likely N-dealkylation sites (tertiary alicyclic amines) is 1. The predicted molar refractivity (Wildman–Crippen MR) is 84.1 cm³/mol. The number of pyridine rings is 1. The van der Waals surface area contributed by atoms with Gasteiger partial charge in [0.2, 0.25) is 0 Å². The second-order valence-electron chi connectivity index (χ2n) is 6.41. The average Bonchev–Trinajstić information content (AvgIpc) is 2.46. The second kappa shape index (κ2) is 6.90. The first-order chi connectivity index (χ1) is 10.4. The van der Waals surface area contributed by atoms with Gasteiger partial charge >= 0.3 is 5.97 Å². The van der Waals surface area contributed by atoms with Crippen molar-refractivity contribution >= 4 is 11.9 Å². The molecule has 120 valence electrons. The molecule has 2 heterocycles. The summed E-state index contributed by atoms with van der Waals surface area (Å²) in [6.45, 7) is 6.72. The molecule has 5 nitrogen and oxygen atoms in total. The number of aromatic nitrogens is 1. The monoisotopic (exact) mass is 304 g/mol. The Labute approximate surface area is 131 Å². The summed E-state index contributed by atoms with van der Waals surface area (Å²) in [7, 11) is 0. The minimum Gasteiger partial charge on any atom is -0.478 e. The van der Waals surface area contributed by atoms with Crippen LogP contribution < -0.4 is 0 Å². The molecule has 1 aromatic heterocycles. The van der Waals surface area contributed by atoms with E-state index in [-0.39, 0.29) is 17.5 Å². The fourth-order valence-corrected chi connectivity index (χ4v) is 3.11. The molecule has 0 bridgehead atoms. The molecule has 1 N–H and O–H groups in total. The maximum atomic E-state index is 12.7. The lowest BCUT2D eigenvalue weighted by molar-refractivity contribution is 0.0576. The number of nitrogens with zero attached hydrogens (tertiary/aromatic N) is 2. The lowest BCUT2D eigenvalue weighted by Gasteiger charge is -2.36. The number of carbonyl (C=O) groups excluding carboxylic acids is 1. The third-order valence-electron chi connectivity index (χ3n) is 4.17. The van der Waals surface area contributed by atoms with Gasteiger partial charge in [0, 0.05) is 12.6 Å². The Kier molecular flexibility index (Phi) is 5.16. The van der Waals surface area contributed by atoms with E-state index in [9.17, 15) is 9.59 Å². The topological polar surface area (TPSA) is 70.5 Å². The molecular formula is C17H24N2O3. The van der Waals surface area contributed by atoms with Crippen LogP contribution in [0.1, 0.15) is 66.1 Å². The molecule has 2 rings (SSSR count). The summed E-state index contributed by atoms with van der Waals surface area (Å²) in [4.78, 5) is 29.9. The average molecular weight is 304 g/mol. The van der Waals surface area contributed by atoms with E-state index in [1.54, 1.807) is 6.92 Å². The van der Waals surface area contributed by atoms with Gasteiger partial charge in [0.05, 0.1) is 11.3 Å². The molecule has 0 aromatic carbocycles. The van der Waals surface area contributed by atoms with Crippen molar-refractivity contribution in [3.8, 4) is 0 Å². The summed E-state index contributed by atoms with van der Waals surface area (Å²) < 4.78 is 0. The van der Waals surface area contributed by atoms with E-state index in [0.29, 0.717) is 17.3 Å². The summed E-state index contributed by atoms with van der Waals surface area (Å²) in [5.41, 5.74) is 0.878. The number of hydrogen-bond acceptors (Lipinski definition) is 3. The Morgan fingerprint density at radius 3 is 2.68 bits per heavy atom. The van der Waals surface area contributed by atoms with Crippen molar-refractivity contribution in [3.05, 3.63) is 29.1 Å². The maximum Gasteiger partial charge on any atom is 0.337 e. The Morgan fingerprint density at radius 1 is 1.36 bits per heavy atom. The summed E-state index contributed by atoms with van der Waals surface area (Å²) in [6.07, 6.45) is 4.21. The van der Waals surface area contributed by atoms with Crippen molar-refractivity contribution in [1.29, 1.82) is 0 Å². The molecule has 1 amide bonds. The summed E-state index contributed by atoms with van der Waals surface area (Å²) in [5, 5.41) is 9.05. The highest BCUT2D eigenvalue weighted by atomic mass is 16.4. The smallest absolute Gasteiger partial charge is 0.337 e. The van der Waals surface area contributed by atoms with Gasteiger partial charge in [-0.15, -0.1) is 0 Å².